The Balaban J connectivity index is 1.75. The van der Waals surface area contributed by atoms with Crippen molar-refractivity contribution in [1.82, 2.24) is 5.32 Å². The molecule has 7 heteroatoms. The Morgan fingerprint density at radius 3 is 1.94 bits per heavy atom. The molecule has 0 radical (unpaired) electrons. The molecule has 0 spiro atoms. The summed E-state index contributed by atoms with van der Waals surface area (Å²) in [6.45, 7) is 2.25. The van der Waals surface area contributed by atoms with Crippen molar-refractivity contribution >= 4 is 17.8 Å². The molecule has 34 heavy (non-hydrogen) atoms. The molecule has 0 heterocycles. The Morgan fingerprint density at radius 2 is 1.35 bits per heavy atom. The average Bonchev–Trinajstić information content (AvgIpc) is 2.84. The summed E-state index contributed by atoms with van der Waals surface area (Å²) in [5.41, 5.74) is 7.81. The molecule has 1 amide bonds. The summed E-state index contributed by atoms with van der Waals surface area (Å²) in [5.74, 6) is -1.15. The van der Waals surface area contributed by atoms with Crippen LogP contribution in [0.1, 0.15) is 50.2 Å². The van der Waals surface area contributed by atoms with Crippen LogP contribution in [0, 0.1) is 0 Å². The van der Waals surface area contributed by atoms with E-state index in [1.54, 1.807) is 0 Å². The fraction of sp³-hybridized carbons (Fsp3) is 0.444. The lowest BCUT2D eigenvalue weighted by molar-refractivity contribution is -0.149. The molecule has 0 saturated carbocycles. The lowest BCUT2D eigenvalue weighted by atomic mass is 10.1. The zero-order valence-corrected chi connectivity index (χ0v) is 19.9. The number of esters is 2. The van der Waals surface area contributed by atoms with Gasteiger partial charge in [-0.2, -0.15) is 0 Å². The topological polar surface area (TPSA) is 108 Å². The Bertz CT molecular complexity index is 873. The van der Waals surface area contributed by atoms with Crippen molar-refractivity contribution in [2.45, 2.75) is 64.0 Å². The summed E-state index contributed by atoms with van der Waals surface area (Å²) in [4.78, 5) is 37.0. The molecule has 2 unspecified atom stereocenters. The monoisotopic (exact) mass is 468 g/mol. The highest BCUT2D eigenvalue weighted by Crippen LogP contribution is 2.07. The highest BCUT2D eigenvalue weighted by molar-refractivity contribution is 5.84. The Morgan fingerprint density at radius 1 is 0.794 bits per heavy atom. The molecule has 0 bridgehead atoms. The first-order valence-electron chi connectivity index (χ1n) is 12.0. The number of benzene rings is 2. The Hall–Kier alpha value is -3.19. The highest BCUT2D eigenvalue weighted by atomic mass is 16.5. The van der Waals surface area contributed by atoms with Gasteiger partial charge in [0.25, 0.3) is 0 Å². The van der Waals surface area contributed by atoms with Crippen molar-refractivity contribution in [1.29, 1.82) is 0 Å². The van der Waals surface area contributed by atoms with Gasteiger partial charge in [0.1, 0.15) is 12.1 Å². The first-order valence-corrected chi connectivity index (χ1v) is 12.0. The van der Waals surface area contributed by atoms with Crippen LogP contribution in [0.5, 0.6) is 0 Å². The summed E-state index contributed by atoms with van der Waals surface area (Å²) >= 11 is 0. The molecule has 7 nitrogen and oxygen atoms in total. The van der Waals surface area contributed by atoms with Gasteiger partial charge in [-0.15, -0.1) is 0 Å². The van der Waals surface area contributed by atoms with E-state index in [2.05, 4.69) is 12.2 Å². The van der Waals surface area contributed by atoms with E-state index in [0.29, 0.717) is 25.7 Å². The number of hydrogen-bond acceptors (Lipinski definition) is 6. The Kier molecular flexibility index (Phi) is 12.4. The number of amides is 1. The molecule has 2 aromatic rings. The molecule has 0 aliphatic rings. The molecule has 2 rings (SSSR count). The zero-order chi connectivity index (χ0) is 24.6. The molecule has 0 aliphatic carbocycles. The van der Waals surface area contributed by atoms with Gasteiger partial charge in [-0.1, -0.05) is 80.4 Å². The van der Waals surface area contributed by atoms with E-state index in [4.69, 9.17) is 15.2 Å². The molecular formula is C27H36N2O5. The minimum atomic E-state index is -0.765. The van der Waals surface area contributed by atoms with E-state index in [0.717, 1.165) is 30.4 Å². The predicted molar refractivity (Wildman–Crippen MR) is 131 cm³/mol. The maximum atomic E-state index is 12.7. The summed E-state index contributed by atoms with van der Waals surface area (Å²) in [7, 11) is 0. The van der Waals surface area contributed by atoms with Crippen molar-refractivity contribution in [3.8, 4) is 0 Å². The minimum Gasteiger partial charge on any atom is -0.464 e. The second kappa shape index (κ2) is 15.6. The van der Waals surface area contributed by atoms with Crippen molar-refractivity contribution in [3.05, 3.63) is 71.8 Å². The van der Waals surface area contributed by atoms with Crippen LogP contribution in [0.3, 0.4) is 0 Å². The smallest absolute Gasteiger partial charge is 0.328 e. The predicted octanol–water partition coefficient (Wildman–Crippen LogP) is 3.34. The number of rotatable bonds is 15. The van der Waals surface area contributed by atoms with Crippen LogP contribution in [0.25, 0.3) is 0 Å². The maximum Gasteiger partial charge on any atom is 0.328 e. The third-order valence-corrected chi connectivity index (χ3v) is 5.29. The molecule has 2 atom stereocenters. The SMILES string of the molecule is CCCCCC(=O)NC(Cc1ccccc1)C(=O)OCCCOC(=O)C(N)Cc1ccccc1. The van der Waals surface area contributed by atoms with E-state index < -0.39 is 24.0 Å². The lowest BCUT2D eigenvalue weighted by Gasteiger charge is -2.18. The first kappa shape index (κ1) is 27.1. The van der Waals surface area contributed by atoms with E-state index in [9.17, 15) is 14.4 Å². The van der Waals surface area contributed by atoms with Crippen molar-refractivity contribution in [3.63, 3.8) is 0 Å². The Labute approximate surface area is 202 Å². The summed E-state index contributed by atoms with van der Waals surface area (Å²) < 4.78 is 10.6. The molecule has 0 saturated heterocycles. The zero-order valence-electron chi connectivity index (χ0n) is 19.9. The van der Waals surface area contributed by atoms with E-state index in [-0.39, 0.29) is 19.1 Å². The average molecular weight is 469 g/mol. The minimum absolute atomic E-state index is 0.0804. The number of hydrogen-bond donors (Lipinski definition) is 2. The van der Waals surface area contributed by atoms with Gasteiger partial charge in [-0.25, -0.2) is 4.79 Å². The fourth-order valence-corrected chi connectivity index (χ4v) is 3.41. The van der Waals surface area contributed by atoms with Gasteiger partial charge < -0.3 is 20.5 Å². The second-order valence-electron chi connectivity index (χ2n) is 8.25. The number of carbonyl (C=O) groups excluding carboxylic acids is 3. The van der Waals surface area contributed by atoms with Crippen LogP contribution in [0.2, 0.25) is 0 Å². The fourth-order valence-electron chi connectivity index (χ4n) is 3.41. The second-order valence-corrected chi connectivity index (χ2v) is 8.25. The number of ether oxygens (including phenoxy) is 2. The quantitative estimate of drug-likeness (QED) is 0.307. The third kappa shape index (κ3) is 10.6. The number of nitrogens with two attached hydrogens (primary N) is 1. The molecule has 184 valence electrons. The van der Waals surface area contributed by atoms with E-state index in [1.165, 1.54) is 0 Å². The number of nitrogens with one attached hydrogen (secondary N) is 1. The maximum absolute atomic E-state index is 12.7. The van der Waals surface area contributed by atoms with Crippen molar-refractivity contribution in [2.24, 2.45) is 5.73 Å². The van der Waals surface area contributed by atoms with Crippen LogP contribution in [-0.4, -0.2) is 43.1 Å². The lowest BCUT2D eigenvalue weighted by Crippen LogP contribution is -2.43. The molecule has 0 fully saturated rings. The van der Waals surface area contributed by atoms with E-state index >= 15 is 0 Å². The van der Waals surface area contributed by atoms with Gasteiger partial charge in [0.2, 0.25) is 5.91 Å². The molecule has 0 aromatic heterocycles. The highest BCUT2D eigenvalue weighted by Gasteiger charge is 2.23. The van der Waals surface area contributed by atoms with Crippen LogP contribution in [-0.2, 0) is 36.7 Å². The molecule has 2 aromatic carbocycles. The van der Waals surface area contributed by atoms with E-state index in [1.807, 2.05) is 60.7 Å². The van der Waals surface area contributed by atoms with Gasteiger partial charge in [0.05, 0.1) is 13.2 Å². The van der Waals surface area contributed by atoms with Gasteiger partial charge in [0.15, 0.2) is 0 Å². The third-order valence-electron chi connectivity index (χ3n) is 5.29. The van der Waals surface area contributed by atoms with Crippen molar-refractivity contribution in [2.75, 3.05) is 13.2 Å². The van der Waals surface area contributed by atoms with Crippen LogP contribution in [0.15, 0.2) is 60.7 Å². The summed E-state index contributed by atoms with van der Waals surface area (Å²) in [5, 5.41) is 2.81. The first-order chi connectivity index (χ1) is 16.5. The standard InChI is InChI=1S/C27H36N2O5/c1-2-3-6-16-25(30)29-24(20-22-14-9-5-10-15-22)27(32)34-18-11-17-33-26(31)23(28)19-21-12-7-4-8-13-21/h4-5,7-10,12-15,23-24H,2-3,6,11,16-20,28H2,1H3,(H,29,30). The van der Waals surface area contributed by atoms with Gasteiger partial charge in [0, 0.05) is 19.3 Å². The van der Waals surface area contributed by atoms with Gasteiger partial charge in [-0.05, 0) is 24.0 Å². The molecular weight excluding hydrogens is 432 g/mol. The largest absolute Gasteiger partial charge is 0.464 e. The van der Waals surface area contributed by atoms with Gasteiger partial charge in [-0.3, -0.25) is 9.59 Å². The van der Waals surface area contributed by atoms with Crippen LogP contribution in [0.4, 0.5) is 0 Å². The normalized spacial score (nSPS) is 12.4. The van der Waals surface area contributed by atoms with Crippen molar-refractivity contribution < 1.29 is 23.9 Å². The summed E-state index contributed by atoms with van der Waals surface area (Å²) in [6.07, 6.45) is 4.24. The van der Waals surface area contributed by atoms with Gasteiger partial charge >= 0.3 is 11.9 Å². The molecule has 0 aliphatic heterocycles. The summed E-state index contributed by atoms with van der Waals surface area (Å²) in [6, 6.07) is 17.5. The number of carbonyl (C=O) groups is 3. The van der Waals surface area contributed by atoms with Crippen LogP contribution >= 0.6 is 0 Å². The van der Waals surface area contributed by atoms with Crippen LogP contribution < -0.4 is 11.1 Å². The number of unbranched alkanes of at least 4 members (excludes halogenated alkanes) is 2. The molecule has 3 N–H and O–H groups in total.